The summed E-state index contributed by atoms with van der Waals surface area (Å²) < 4.78 is 1.55. The van der Waals surface area contributed by atoms with Crippen molar-refractivity contribution >= 4 is 18.6 Å². The molecule has 0 bridgehead atoms. The molecule has 1 heterocycles. The van der Waals surface area contributed by atoms with Crippen LogP contribution >= 0.6 is 12.6 Å². The number of hydrogen-bond acceptors (Lipinski definition) is 3. The van der Waals surface area contributed by atoms with E-state index >= 15 is 0 Å². The molecule has 0 saturated carbocycles. The van der Waals surface area contributed by atoms with Crippen LogP contribution in [-0.2, 0) is 0 Å². The number of aryl methyl sites for hydroxylation is 1. The standard InChI is InChI=1S/C11H10N2O2S/c1-7-6-13(12-10(7)11(14)15)8-2-4-9(16)5-3-8/h2-6,16H,1H3,(H,14,15). The van der Waals surface area contributed by atoms with Gasteiger partial charge in [0.2, 0.25) is 0 Å². The van der Waals surface area contributed by atoms with Crippen LogP contribution in [0.2, 0.25) is 0 Å². The second kappa shape index (κ2) is 4.02. The van der Waals surface area contributed by atoms with Gasteiger partial charge in [0.25, 0.3) is 0 Å². The van der Waals surface area contributed by atoms with Crippen molar-refractivity contribution in [3.8, 4) is 5.69 Å². The summed E-state index contributed by atoms with van der Waals surface area (Å²) in [5.41, 5.74) is 1.53. The van der Waals surface area contributed by atoms with Crippen molar-refractivity contribution < 1.29 is 9.90 Å². The smallest absolute Gasteiger partial charge is 0.356 e. The van der Waals surface area contributed by atoms with Crippen molar-refractivity contribution in [1.82, 2.24) is 9.78 Å². The van der Waals surface area contributed by atoms with Gasteiger partial charge in [-0.15, -0.1) is 12.6 Å². The highest BCUT2D eigenvalue weighted by Crippen LogP contribution is 2.14. The fourth-order valence-corrected chi connectivity index (χ4v) is 1.56. The van der Waals surface area contributed by atoms with E-state index in [0.717, 1.165) is 10.6 Å². The van der Waals surface area contributed by atoms with Gasteiger partial charge in [-0.05, 0) is 31.2 Å². The molecule has 0 spiro atoms. The van der Waals surface area contributed by atoms with Gasteiger partial charge in [-0.1, -0.05) is 0 Å². The topological polar surface area (TPSA) is 55.1 Å². The van der Waals surface area contributed by atoms with E-state index in [1.165, 1.54) is 0 Å². The van der Waals surface area contributed by atoms with E-state index in [4.69, 9.17) is 5.11 Å². The number of nitrogens with zero attached hydrogens (tertiary/aromatic N) is 2. The first kappa shape index (κ1) is 10.8. The van der Waals surface area contributed by atoms with Gasteiger partial charge in [-0.2, -0.15) is 5.10 Å². The summed E-state index contributed by atoms with van der Waals surface area (Å²) in [6, 6.07) is 7.33. The summed E-state index contributed by atoms with van der Waals surface area (Å²) in [6.07, 6.45) is 1.69. The van der Waals surface area contributed by atoms with Gasteiger partial charge in [0.15, 0.2) is 5.69 Å². The van der Waals surface area contributed by atoms with E-state index < -0.39 is 5.97 Å². The lowest BCUT2D eigenvalue weighted by atomic mass is 10.3. The van der Waals surface area contributed by atoms with E-state index in [-0.39, 0.29) is 5.69 Å². The Morgan fingerprint density at radius 2 is 2.00 bits per heavy atom. The summed E-state index contributed by atoms with van der Waals surface area (Å²) in [5, 5.41) is 12.9. The number of thiol groups is 1. The van der Waals surface area contributed by atoms with Crippen LogP contribution in [0.3, 0.4) is 0 Å². The third-order valence-electron chi connectivity index (χ3n) is 2.21. The van der Waals surface area contributed by atoms with E-state index in [9.17, 15) is 4.79 Å². The normalized spacial score (nSPS) is 10.4. The second-order valence-corrected chi connectivity index (χ2v) is 3.94. The van der Waals surface area contributed by atoms with E-state index in [1.807, 2.05) is 24.3 Å². The molecular weight excluding hydrogens is 224 g/mol. The molecule has 0 saturated heterocycles. The number of benzene rings is 1. The Morgan fingerprint density at radius 3 is 2.50 bits per heavy atom. The highest BCUT2D eigenvalue weighted by Gasteiger charge is 2.12. The molecule has 2 aromatic rings. The number of rotatable bonds is 2. The van der Waals surface area contributed by atoms with Gasteiger partial charge in [0, 0.05) is 16.7 Å². The summed E-state index contributed by atoms with van der Waals surface area (Å²) in [6.45, 7) is 1.72. The SMILES string of the molecule is Cc1cn(-c2ccc(S)cc2)nc1C(=O)O. The Labute approximate surface area is 97.9 Å². The third kappa shape index (κ3) is 1.94. The van der Waals surface area contributed by atoms with Crippen LogP contribution in [0, 0.1) is 6.92 Å². The number of carboxylic acid groups (broad SMARTS) is 1. The minimum Gasteiger partial charge on any atom is -0.476 e. The molecule has 0 amide bonds. The molecule has 1 aromatic carbocycles. The molecule has 0 unspecified atom stereocenters. The molecule has 0 fully saturated rings. The predicted molar refractivity (Wildman–Crippen MR) is 62.5 cm³/mol. The number of carboxylic acids is 1. The van der Waals surface area contributed by atoms with Crippen LogP contribution in [0.25, 0.3) is 5.69 Å². The second-order valence-electron chi connectivity index (χ2n) is 3.43. The number of aromatic carboxylic acids is 1. The minimum absolute atomic E-state index is 0.0787. The average molecular weight is 234 g/mol. The molecular formula is C11H10N2O2S. The maximum Gasteiger partial charge on any atom is 0.356 e. The number of carbonyl (C=O) groups is 1. The first-order chi connectivity index (χ1) is 7.58. The summed E-state index contributed by atoms with van der Waals surface area (Å²) in [5.74, 6) is -1.01. The molecule has 0 radical (unpaired) electrons. The van der Waals surface area contributed by atoms with Crippen molar-refractivity contribution in [2.75, 3.05) is 0 Å². The molecule has 1 N–H and O–H groups in total. The van der Waals surface area contributed by atoms with Crippen molar-refractivity contribution in [1.29, 1.82) is 0 Å². The van der Waals surface area contributed by atoms with E-state index in [0.29, 0.717) is 5.56 Å². The Hall–Kier alpha value is -1.75. The van der Waals surface area contributed by atoms with Crippen LogP contribution in [-0.4, -0.2) is 20.9 Å². The summed E-state index contributed by atoms with van der Waals surface area (Å²) in [7, 11) is 0. The van der Waals surface area contributed by atoms with Crippen LogP contribution < -0.4 is 0 Å². The van der Waals surface area contributed by atoms with Crippen LogP contribution in [0.4, 0.5) is 0 Å². The summed E-state index contributed by atoms with van der Waals surface area (Å²) in [4.78, 5) is 11.7. The quantitative estimate of drug-likeness (QED) is 0.783. The largest absolute Gasteiger partial charge is 0.476 e. The van der Waals surface area contributed by atoms with E-state index in [1.54, 1.807) is 17.8 Å². The van der Waals surface area contributed by atoms with Crippen LogP contribution in [0.1, 0.15) is 16.1 Å². The molecule has 5 heteroatoms. The lowest BCUT2D eigenvalue weighted by Gasteiger charge is -2.00. The predicted octanol–water partition coefficient (Wildman–Crippen LogP) is 2.17. The van der Waals surface area contributed by atoms with Crippen molar-refractivity contribution in [3.63, 3.8) is 0 Å². The maximum absolute atomic E-state index is 10.8. The van der Waals surface area contributed by atoms with Gasteiger partial charge in [0.05, 0.1) is 5.69 Å². The van der Waals surface area contributed by atoms with Crippen LogP contribution in [0.5, 0.6) is 0 Å². The van der Waals surface area contributed by atoms with Gasteiger partial charge in [-0.3, -0.25) is 0 Å². The Morgan fingerprint density at radius 1 is 1.38 bits per heavy atom. The molecule has 0 aliphatic heterocycles. The fourth-order valence-electron chi connectivity index (χ4n) is 1.41. The third-order valence-corrected chi connectivity index (χ3v) is 2.51. The number of aromatic nitrogens is 2. The fraction of sp³-hybridized carbons (Fsp3) is 0.0909. The van der Waals surface area contributed by atoms with Crippen molar-refractivity contribution in [3.05, 3.63) is 41.7 Å². The van der Waals surface area contributed by atoms with Gasteiger partial charge >= 0.3 is 5.97 Å². The minimum atomic E-state index is -1.01. The first-order valence-electron chi connectivity index (χ1n) is 4.67. The highest BCUT2D eigenvalue weighted by atomic mass is 32.1. The van der Waals surface area contributed by atoms with Crippen molar-refractivity contribution in [2.45, 2.75) is 11.8 Å². The first-order valence-corrected chi connectivity index (χ1v) is 5.11. The highest BCUT2D eigenvalue weighted by molar-refractivity contribution is 7.80. The van der Waals surface area contributed by atoms with Gasteiger partial charge < -0.3 is 5.11 Å². The molecule has 82 valence electrons. The zero-order chi connectivity index (χ0) is 11.7. The Balaban J connectivity index is 2.45. The maximum atomic E-state index is 10.8. The lowest BCUT2D eigenvalue weighted by molar-refractivity contribution is 0.0689. The zero-order valence-corrected chi connectivity index (χ0v) is 9.48. The molecule has 2 rings (SSSR count). The van der Waals surface area contributed by atoms with Crippen molar-refractivity contribution in [2.24, 2.45) is 0 Å². The summed E-state index contributed by atoms with van der Waals surface area (Å²) >= 11 is 4.18. The number of hydrogen-bond donors (Lipinski definition) is 2. The monoisotopic (exact) mass is 234 g/mol. The van der Waals surface area contributed by atoms with Gasteiger partial charge in [0.1, 0.15) is 0 Å². The molecule has 0 atom stereocenters. The van der Waals surface area contributed by atoms with Gasteiger partial charge in [-0.25, -0.2) is 9.48 Å². The Kier molecular flexibility index (Phi) is 2.70. The molecule has 16 heavy (non-hydrogen) atoms. The lowest BCUT2D eigenvalue weighted by Crippen LogP contribution is -2.01. The molecule has 0 aliphatic carbocycles. The Bertz CT molecular complexity index is 531. The van der Waals surface area contributed by atoms with E-state index in [2.05, 4.69) is 17.7 Å². The molecule has 1 aromatic heterocycles. The average Bonchev–Trinajstić information content (AvgIpc) is 2.61. The molecule has 0 aliphatic rings. The van der Waals surface area contributed by atoms with Crippen LogP contribution in [0.15, 0.2) is 35.4 Å². The zero-order valence-electron chi connectivity index (χ0n) is 8.58. The molecule has 4 nitrogen and oxygen atoms in total.